The van der Waals surface area contributed by atoms with Crippen molar-refractivity contribution in [1.82, 2.24) is 15.6 Å². The first-order valence-electron chi connectivity index (χ1n) is 11.2. The number of aliphatic carboxylic acids is 1. The van der Waals surface area contributed by atoms with Gasteiger partial charge in [0.25, 0.3) is 0 Å². The molecule has 1 saturated heterocycles. The van der Waals surface area contributed by atoms with Gasteiger partial charge < -0.3 is 14.7 Å². The van der Waals surface area contributed by atoms with E-state index < -0.39 is 30.1 Å². The number of hydrogen-bond donors (Lipinski definition) is 4. The second kappa shape index (κ2) is 14.9. The van der Waals surface area contributed by atoms with Gasteiger partial charge in [-0.3, -0.25) is 25.3 Å². The number of nitrogens with zero attached hydrogens (tertiary/aromatic N) is 2. The van der Waals surface area contributed by atoms with E-state index in [0.29, 0.717) is 43.7 Å². The summed E-state index contributed by atoms with van der Waals surface area (Å²) in [7, 11) is 0. The van der Waals surface area contributed by atoms with Crippen molar-refractivity contribution < 1.29 is 39.5 Å². The number of carboxylic acid groups (broad SMARTS) is 1. The minimum absolute atomic E-state index is 0.0874. The Morgan fingerprint density at radius 1 is 1.21 bits per heavy atom. The van der Waals surface area contributed by atoms with Crippen LogP contribution in [0, 0.1) is 0 Å². The van der Waals surface area contributed by atoms with Gasteiger partial charge in [-0.15, -0.1) is 0 Å². The lowest BCUT2D eigenvalue weighted by Crippen LogP contribution is -2.53. The Morgan fingerprint density at radius 3 is 2.59 bits per heavy atom. The summed E-state index contributed by atoms with van der Waals surface area (Å²) in [6.45, 7) is 2.26. The van der Waals surface area contributed by atoms with Gasteiger partial charge in [0.1, 0.15) is 18.7 Å². The van der Waals surface area contributed by atoms with Gasteiger partial charge in [0.15, 0.2) is 0 Å². The van der Waals surface area contributed by atoms with E-state index in [1.165, 1.54) is 16.7 Å². The molecule has 0 aromatic heterocycles. The average molecular weight is 500 g/mol. The largest absolute Gasteiger partial charge is 0.480 e. The highest BCUT2D eigenvalue weighted by Gasteiger charge is 2.37. The summed E-state index contributed by atoms with van der Waals surface area (Å²) in [5.41, 5.74) is 1.02. The van der Waals surface area contributed by atoms with Crippen molar-refractivity contribution in [3.63, 3.8) is 0 Å². The van der Waals surface area contributed by atoms with E-state index in [4.69, 9.17) is 15.2 Å². The summed E-state index contributed by atoms with van der Waals surface area (Å²) in [6.07, 6.45) is 2.06. The number of carbonyl (C=O) groups is 3. The van der Waals surface area contributed by atoms with Crippen molar-refractivity contribution in [2.45, 2.75) is 50.7 Å². The van der Waals surface area contributed by atoms with Crippen molar-refractivity contribution >= 4 is 29.6 Å². The van der Waals surface area contributed by atoms with Gasteiger partial charge in [0, 0.05) is 18.1 Å². The summed E-state index contributed by atoms with van der Waals surface area (Å²) < 4.78 is 5.30. The van der Waals surface area contributed by atoms with Gasteiger partial charge in [-0.1, -0.05) is 30.3 Å². The maximum absolute atomic E-state index is 13.0. The van der Waals surface area contributed by atoms with Crippen LogP contribution >= 0.6 is 11.8 Å². The summed E-state index contributed by atoms with van der Waals surface area (Å²) in [4.78, 5) is 43.1. The van der Waals surface area contributed by atoms with Crippen molar-refractivity contribution in [1.29, 1.82) is 0 Å². The summed E-state index contributed by atoms with van der Waals surface area (Å²) in [5.74, 6) is -0.866. The number of nitrogens with one attached hydrogen (secondary N) is 1. The number of thioether (sulfide) groups is 1. The highest BCUT2D eigenvalue weighted by Crippen LogP contribution is 2.20. The lowest BCUT2D eigenvalue weighted by molar-refractivity contribution is -0.490. The first-order valence-corrected chi connectivity index (χ1v) is 12.3. The van der Waals surface area contributed by atoms with E-state index in [9.17, 15) is 19.5 Å². The van der Waals surface area contributed by atoms with Crippen LogP contribution in [0.4, 0.5) is 0 Å². The number of rotatable bonds is 15. The van der Waals surface area contributed by atoms with Crippen LogP contribution < -0.4 is 5.32 Å². The minimum atomic E-state index is -1.03. The summed E-state index contributed by atoms with van der Waals surface area (Å²) in [6, 6.07) is 7.20. The van der Waals surface area contributed by atoms with Crippen LogP contribution in [0.25, 0.3) is 0 Å². The number of likely N-dealkylation sites (tertiary alicyclic amines) is 1. The molecule has 1 heterocycles. The van der Waals surface area contributed by atoms with E-state index in [1.54, 1.807) is 6.92 Å². The fourth-order valence-electron chi connectivity index (χ4n) is 3.71. The highest BCUT2D eigenvalue weighted by atomic mass is 32.2. The third-order valence-corrected chi connectivity index (χ3v) is 6.31. The van der Waals surface area contributed by atoms with E-state index in [2.05, 4.69) is 10.2 Å². The average Bonchev–Trinajstić information content (AvgIpc) is 3.30. The third kappa shape index (κ3) is 9.57. The molecule has 1 aromatic rings. The predicted molar refractivity (Wildman–Crippen MR) is 123 cm³/mol. The highest BCUT2D eigenvalue weighted by molar-refractivity contribution is 7.99. The lowest BCUT2D eigenvalue weighted by atomic mass is 10.0. The van der Waals surface area contributed by atoms with Crippen molar-refractivity contribution in [3.05, 3.63) is 35.9 Å². The van der Waals surface area contributed by atoms with Crippen LogP contribution in [0.2, 0.25) is 0 Å². The molecule has 3 atom stereocenters. The number of benzene rings is 1. The van der Waals surface area contributed by atoms with Gasteiger partial charge in [-0.2, -0.15) is 11.8 Å². The zero-order valence-corrected chi connectivity index (χ0v) is 20.0. The number of esters is 1. The molecule has 1 aromatic carbocycles. The van der Waals surface area contributed by atoms with Gasteiger partial charge in [0.2, 0.25) is 5.91 Å². The molecule has 1 amide bonds. The molecule has 0 spiro atoms. The lowest BCUT2D eigenvalue weighted by Gasteiger charge is -2.28. The van der Waals surface area contributed by atoms with E-state index in [1.807, 2.05) is 30.3 Å². The SMILES string of the molecule is CC(NC(CCc1ccccc1)C(=O)O)C(=O)N1CCCC1C(=O)OCCSCCON(O)O. The van der Waals surface area contributed by atoms with E-state index >= 15 is 0 Å². The zero-order chi connectivity index (χ0) is 24.9. The Morgan fingerprint density at radius 2 is 1.91 bits per heavy atom. The van der Waals surface area contributed by atoms with Crippen LogP contribution in [0.1, 0.15) is 31.7 Å². The Bertz CT molecular complexity index is 783. The number of carboxylic acids is 1. The van der Waals surface area contributed by atoms with Crippen LogP contribution in [-0.2, 0) is 30.4 Å². The third-order valence-electron chi connectivity index (χ3n) is 5.40. The van der Waals surface area contributed by atoms with Crippen LogP contribution in [-0.4, -0.2) is 93.0 Å². The molecule has 11 nitrogen and oxygen atoms in total. The fourth-order valence-corrected chi connectivity index (χ4v) is 4.31. The van der Waals surface area contributed by atoms with E-state index in [0.717, 1.165) is 5.56 Å². The normalized spacial score (nSPS) is 17.5. The first-order chi connectivity index (χ1) is 16.3. The predicted octanol–water partition coefficient (Wildman–Crippen LogP) is 1.33. The summed E-state index contributed by atoms with van der Waals surface area (Å²) >= 11 is 1.41. The number of ether oxygens (including phenoxy) is 1. The Kier molecular flexibility index (Phi) is 12.3. The molecule has 34 heavy (non-hydrogen) atoms. The van der Waals surface area contributed by atoms with E-state index in [-0.39, 0.29) is 24.5 Å². The van der Waals surface area contributed by atoms with Gasteiger partial charge in [-0.25, -0.2) is 9.63 Å². The van der Waals surface area contributed by atoms with Gasteiger partial charge >= 0.3 is 11.9 Å². The first kappa shape index (κ1) is 28.0. The Balaban J connectivity index is 1.79. The maximum atomic E-state index is 13.0. The van der Waals surface area contributed by atoms with Crippen molar-refractivity contribution in [2.24, 2.45) is 0 Å². The number of hydrogen-bond acceptors (Lipinski definition) is 10. The molecular formula is C22H33N3O8S. The second-order valence-electron chi connectivity index (χ2n) is 7.86. The number of amides is 1. The molecule has 1 aliphatic rings. The van der Waals surface area contributed by atoms with Crippen LogP contribution in [0.3, 0.4) is 0 Å². The molecule has 12 heteroatoms. The maximum Gasteiger partial charge on any atom is 0.328 e. The zero-order valence-electron chi connectivity index (χ0n) is 19.2. The Labute approximate surface area is 202 Å². The molecule has 3 unspecified atom stereocenters. The molecule has 1 fully saturated rings. The molecule has 2 rings (SSSR count). The monoisotopic (exact) mass is 499 g/mol. The standard InChI is InChI=1S/C22H33N3O8S/c1-16(23-18(21(27)28)10-9-17-6-3-2-4-7-17)20(26)24-11-5-8-19(24)22(29)32-12-14-34-15-13-33-25(30)31/h2-4,6-7,16,18-19,23,30-31H,5,8-15H2,1H3,(H,27,28). The van der Waals surface area contributed by atoms with Gasteiger partial charge in [-0.05, 0) is 38.2 Å². The second-order valence-corrected chi connectivity index (χ2v) is 9.08. The van der Waals surface area contributed by atoms with Crippen LogP contribution in [0.5, 0.6) is 0 Å². The molecule has 0 bridgehead atoms. The molecule has 190 valence electrons. The van der Waals surface area contributed by atoms with Crippen LogP contribution in [0.15, 0.2) is 30.3 Å². The number of carbonyl (C=O) groups excluding carboxylic acids is 2. The topological polar surface area (TPSA) is 149 Å². The van der Waals surface area contributed by atoms with Crippen molar-refractivity contribution in [3.8, 4) is 0 Å². The number of aryl methyl sites for hydroxylation is 1. The fraction of sp³-hybridized carbons (Fsp3) is 0.591. The molecule has 0 aliphatic carbocycles. The molecule has 4 N–H and O–H groups in total. The molecule has 1 aliphatic heterocycles. The van der Waals surface area contributed by atoms with Crippen molar-refractivity contribution in [2.75, 3.05) is 31.3 Å². The van der Waals surface area contributed by atoms with Gasteiger partial charge in [0.05, 0.1) is 18.0 Å². The molecule has 0 radical (unpaired) electrons. The minimum Gasteiger partial charge on any atom is -0.480 e. The smallest absolute Gasteiger partial charge is 0.328 e. The Hall–Kier alpha value is -2.22. The quantitative estimate of drug-likeness (QED) is 0.157. The summed E-state index contributed by atoms with van der Waals surface area (Å²) in [5, 5.41) is 29.0. The molecule has 0 saturated carbocycles. The molecular weight excluding hydrogens is 466 g/mol.